The van der Waals surface area contributed by atoms with Crippen LogP contribution in [0.1, 0.15) is 24.1 Å². The Bertz CT molecular complexity index is 609. The molecule has 2 aromatic rings. The van der Waals surface area contributed by atoms with E-state index in [1.807, 2.05) is 16.8 Å². The largest absolute Gasteiger partial charge is 0.354 e. The van der Waals surface area contributed by atoms with Crippen molar-refractivity contribution in [2.45, 2.75) is 32.4 Å². The van der Waals surface area contributed by atoms with Gasteiger partial charge in [-0.15, -0.1) is 0 Å². The van der Waals surface area contributed by atoms with Crippen LogP contribution in [-0.2, 0) is 6.54 Å². The van der Waals surface area contributed by atoms with Gasteiger partial charge in [-0.2, -0.15) is 0 Å². The van der Waals surface area contributed by atoms with E-state index in [1.165, 1.54) is 18.4 Å². The number of pyridine rings is 1. The van der Waals surface area contributed by atoms with Gasteiger partial charge >= 0.3 is 0 Å². The van der Waals surface area contributed by atoms with E-state index >= 15 is 0 Å². The van der Waals surface area contributed by atoms with Crippen LogP contribution in [0, 0.1) is 6.92 Å². The van der Waals surface area contributed by atoms with Gasteiger partial charge in [-0.1, -0.05) is 0 Å². The number of aliphatic imine (C=N–C) groups is 1. The zero-order chi connectivity index (χ0) is 13.2. The van der Waals surface area contributed by atoms with Gasteiger partial charge in [0.25, 0.3) is 0 Å². The fraction of sp³-hybridized carbons (Fsp3) is 0.429. The Morgan fingerprint density at radius 2 is 2.37 bits per heavy atom. The summed E-state index contributed by atoms with van der Waals surface area (Å²) in [6.07, 6.45) is 6.58. The van der Waals surface area contributed by atoms with Gasteiger partial charge in [-0.05, 0) is 37.5 Å². The Hall–Kier alpha value is -2.04. The van der Waals surface area contributed by atoms with Gasteiger partial charge in [0.05, 0.1) is 12.2 Å². The number of fused-ring (bicyclic) bond motifs is 1. The Morgan fingerprint density at radius 3 is 3.11 bits per heavy atom. The van der Waals surface area contributed by atoms with E-state index in [0.717, 1.165) is 17.3 Å². The van der Waals surface area contributed by atoms with Crippen molar-refractivity contribution < 1.29 is 0 Å². The lowest BCUT2D eigenvalue weighted by molar-refractivity contribution is 0.795. The minimum atomic E-state index is 0.606. The van der Waals surface area contributed by atoms with E-state index < -0.39 is 0 Å². The van der Waals surface area contributed by atoms with Gasteiger partial charge in [-0.3, -0.25) is 4.99 Å². The lowest BCUT2D eigenvalue weighted by atomic mass is 10.3. The molecule has 0 atom stereocenters. The van der Waals surface area contributed by atoms with Crippen LogP contribution in [0.5, 0.6) is 0 Å². The van der Waals surface area contributed by atoms with Crippen LogP contribution < -0.4 is 10.6 Å². The maximum absolute atomic E-state index is 4.59. The van der Waals surface area contributed by atoms with Gasteiger partial charge < -0.3 is 15.0 Å². The number of rotatable bonds is 3. The Morgan fingerprint density at radius 1 is 1.53 bits per heavy atom. The van der Waals surface area contributed by atoms with Crippen LogP contribution in [-0.4, -0.2) is 28.4 Å². The molecule has 2 heterocycles. The minimum absolute atomic E-state index is 0.606. The van der Waals surface area contributed by atoms with Crippen molar-refractivity contribution in [3.8, 4) is 0 Å². The van der Waals surface area contributed by atoms with Gasteiger partial charge in [0.15, 0.2) is 5.96 Å². The van der Waals surface area contributed by atoms with Crippen molar-refractivity contribution in [2.75, 3.05) is 7.05 Å². The highest BCUT2D eigenvalue weighted by Gasteiger charge is 2.22. The highest BCUT2D eigenvalue weighted by Crippen LogP contribution is 2.18. The maximum atomic E-state index is 4.59. The molecule has 0 aliphatic heterocycles. The predicted octanol–water partition coefficient (Wildman–Crippen LogP) is 1.47. The molecule has 5 nitrogen and oxygen atoms in total. The summed E-state index contributed by atoms with van der Waals surface area (Å²) in [5, 5.41) is 6.65. The summed E-state index contributed by atoms with van der Waals surface area (Å²) in [6.45, 7) is 2.77. The van der Waals surface area contributed by atoms with E-state index in [9.17, 15) is 0 Å². The molecule has 1 saturated carbocycles. The van der Waals surface area contributed by atoms with Crippen molar-refractivity contribution in [2.24, 2.45) is 4.99 Å². The second-order valence-electron chi connectivity index (χ2n) is 5.05. The molecule has 0 radical (unpaired) electrons. The molecular weight excluding hydrogens is 238 g/mol. The second-order valence-corrected chi connectivity index (χ2v) is 5.05. The van der Waals surface area contributed by atoms with Gasteiger partial charge in [0.1, 0.15) is 5.65 Å². The first kappa shape index (κ1) is 12.0. The lowest BCUT2D eigenvalue weighted by Crippen LogP contribution is -2.38. The summed E-state index contributed by atoms with van der Waals surface area (Å²) in [4.78, 5) is 8.80. The van der Waals surface area contributed by atoms with Gasteiger partial charge in [-0.25, -0.2) is 4.98 Å². The highest BCUT2D eigenvalue weighted by molar-refractivity contribution is 5.80. The lowest BCUT2D eigenvalue weighted by Gasteiger charge is -2.09. The topological polar surface area (TPSA) is 53.7 Å². The molecule has 0 aromatic carbocycles. The van der Waals surface area contributed by atoms with E-state index in [0.29, 0.717) is 12.6 Å². The first-order valence-electron chi connectivity index (χ1n) is 6.66. The zero-order valence-electron chi connectivity index (χ0n) is 11.3. The average molecular weight is 257 g/mol. The predicted molar refractivity (Wildman–Crippen MR) is 76.3 cm³/mol. The number of aryl methyl sites for hydroxylation is 1. The highest BCUT2D eigenvalue weighted by atomic mass is 15.2. The number of guanidine groups is 1. The van der Waals surface area contributed by atoms with Crippen LogP contribution >= 0.6 is 0 Å². The fourth-order valence-corrected chi connectivity index (χ4v) is 2.01. The number of nitrogens with zero attached hydrogens (tertiary/aromatic N) is 3. The number of hydrogen-bond acceptors (Lipinski definition) is 2. The van der Waals surface area contributed by atoms with Crippen molar-refractivity contribution >= 4 is 11.6 Å². The summed E-state index contributed by atoms with van der Waals surface area (Å²) in [5.74, 6) is 0.857. The smallest absolute Gasteiger partial charge is 0.191 e. The zero-order valence-corrected chi connectivity index (χ0v) is 11.3. The van der Waals surface area contributed by atoms with E-state index in [-0.39, 0.29) is 0 Å². The maximum Gasteiger partial charge on any atom is 0.191 e. The average Bonchev–Trinajstić information content (AvgIpc) is 3.13. The second kappa shape index (κ2) is 4.91. The summed E-state index contributed by atoms with van der Waals surface area (Å²) in [5.41, 5.74) is 3.23. The number of nitrogens with one attached hydrogen (secondary N) is 2. The molecule has 0 unspecified atom stereocenters. The molecule has 19 heavy (non-hydrogen) atoms. The minimum Gasteiger partial charge on any atom is -0.354 e. The molecule has 1 fully saturated rings. The molecule has 1 aliphatic rings. The molecule has 100 valence electrons. The van der Waals surface area contributed by atoms with Crippen molar-refractivity contribution in [1.29, 1.82) is 0 Å². The summed E-state index contributed by atoms with van der Waals surface area (Å²) in [6, 6.07) is 4.77. The summed E-state index contributed by atoms with van der Waals surface area (Å²) < 4.78 is 2.04. The van der Waals surface area contributed by atoms with Gasteiger partial charge in [0.2, 0.25) is 0 Å². The first-order valence-corrected chi connectivity index (χ1v) is 6.66. The third-order valence-electron chi connectivity index (χ3n) is 3.24. The first-order chi connectivity index (χ1) is 9.24. The summed E-state index contributed by atoms with van der Waals surface area (Å²) in [7, 11) is 1.80. The van der Waals surface area contributed by atoms with Gasteiger partial charge in [0, 0.05) is 25.5 Å². The molecule has 2 N–H and O–H groups in total. The number of imidazole rings is 1. The molecule has 0 saturated heterocycles. The van der Waals surface area contributed by atoms with Crippen molar-refractivity contribution in [3.63, 3.8) is 0 Å². The SMILES string of the molecule is CN=C(NCc1cn2ccc(C)cc2n1)NC1CC1. The molecule has 0 spiro atoms. The monoisotopic (exact) mass is 257 g/mol. The van der Waals surface area contributed by atoms with E-state index in [1.54, 1.807) is 7.05 Å². The van der Waals surface area contributed by atoms with Crippen molar-refractivity contribution in [3.05, 3.63) is 35.8 Å². The summed E-state index contributed by atoms with van der Waals surface area (Å²) >= 11 is 0. The molecule has 1 aliphatic carbocycles. The normalized spacial score (nSPS) is 15.8. The Balaban J connectivity index is 1.67. The quantitative estimate of drug-likeness (QED) is 0.646. The number of hydrogen-bond donors (Lipinski definition) is 2. The Kier molecular flexibility index (Phi) is 3.11. The standard InChI is InChI=1S/C14H19N5/c1-10-5-6-19-9-12(17-13(19)7-10)8-16-14(15-2)18-11-3-4-11/h5-7,9,11H,3-4,8H2,1-2H3,(H2,15,16,18). The van der Waals surface area contributed by atoms with Crippen LogP contribution in [0.25, 0.3) is 5.65 Å². The molecular formula is C14H19N5. The molecule has 0 bridgehead atoms. The molecule has 3 rings (SSSR count). The van der Waals surface area contributed by atoms with Crippen LogP contribution in [0.4, 0.5) is 0 Å². The fourth-order valence-electron chi connectivity index (χ4n) is 2.01. The van der Waals surface area contributed by atoms with Crippen LogP contribution in [0.2, 0.25) is 0 Å². The molecule has 2 aromatic heterocycles. The molecule has 0 amide bonds. The van der Waals surface area contributed by atoms with E-state index in [4.69, 9.17) is 0 Å². The Labute approximate surface area is 112 Å². The van der Waals surface area contributed by atoms with Crippen LogP contribution in [0.15, 0.2) is 29.5 Å². The van der Waals surface area contributed by atoms with Crippen LogP contribution in [0.3, 0.4) is 0 Å². The third-order valence-corrected chi connectivity index (χ3v) is 3.24. The molecule has 5 heteroatoms. The third kappa shape index (κ3) is 2.86. The van der Waals surface area contributed by atoms with Crippen molar-refractivity contribution in [1.82, 2.24) is 20.0 Å². The van der Waals surface area contributed by atoms with E-state index in [2.05, 4.69) is 39.7 Å². The number of aromatic nitrogens is 2.